The number of carbonyl (C=O) groups excluding carboxylic acids is 1. The highest BCUT2D eigenvalue weighted by atomic mass is 19.4. The maximum absolute atomic E-state index is 13.3. The van der Waals surface area contributed by atoms with Gasteiger partial charge in [-0.15, -0.1) is 0 Å². The van der Waals surface area contributed by atoms with Gasteiger partial charge in [0.15, 0.2) is 11.5 Å². The fourth-order valence-corrected chi connectivity index (χ4v) is 4.07. The molecule has 5 aromatic rings. The summed E-state index contributed by atoms with van der Waals surface area (Å²) in [7, 11) is 1.33. The first-order valence-corrected chi connectivity index (χ1v) is 11.5. The van der Waals surface area contributed by atoms with Crippen LogP contribution in [0.2, 0.25) is 0 Å². The van der Waals surface area contributed by atoms with E-state index >= 15 is 0 Å². The van der Waals surface area contributed by atoms with Gasteiger partial charge in [-0.1, -0.05) is 12.1 Å². The first-order chi connectivity index (χ1) is 18.2. The molecule has 9 nitrogen and oxygen atoms in total. The Labute approximate surface area is 213 Å². The highest BCUT2D eigenvalue weighted by molar-refractivity contribution is 5.98. The number of hydrogen-bond donors (Lipinski definition) is 2. The molecule has 0 saturated carbocycles. The molecule has 0 aliphatic rings. The van der Waals surface area contributed by atoms with Crippen LogP contribution in [0, 0.1) is 0 Å². The highest BCUT2D eigenvalue weighted by Gasteiger charge is 2.33. The number of ether oxygens (including phenoxy) is 1. The monoisotopic (exact) mass is 522 g/mol. The van der Waals surface area contributed by atoms with E-state index in [0.29, 0.717) is 22.0 Å². The number of amides is 1. The quantitative estimate of drug-likeness (QED) is 0.325. The number of carbonyl (C=O) groups is 1. The first kappa shape index (κ1) is 25.1. The Morgan fingerprint density at radius 3 is 2.61 bits per heavy atom. The van der Waals surface area contributed by atoms with Crippen LogP contribution in [-0.2, 0) is 12.7 Å². The molecule has 12 heteroatoms. The summed E-state index contributed by atoms with van der Waals surface area (Å²) in [6.45, 7) is 1.77. The van der Waals surface area contributed by atoms with Gasteiger partial charge in [-0.2, -0.15) is 13.2 Å². The maximum Gasteiger partial charge on any atom is 0.433 e. The minimum Gasteiger partial charge on any atom is -0.494 e. The van der Waals surface area contributed by atoms with E-state index in [1.807, 2.05) is 18.2 Å². The molecule has 3 N–H and O–H groups in total. The number of halogens is 3. The number of aromatic nitrogens is 4. The van der Waals surface area contributed by atoms with Crippen molar-refractivity contribution in [1.29, 1.82) is 0 Å². The van der Waals surface area contributed by atoms with Crippen LogP contribution in [0.5, 0.6) is 5.75 Å². The Morgan fingerprint density at radius 2 is 1.87 bits per heavy atom. The van der Waals surface area contributed by atoms with Crippen LogP contribution < -0.4 is 15.8 Å². The van der Waals surface area contributed by atoms with Crippen LogP contribution in [0.15, 0.2) is 59.3 Å². The van der Waals surface area contributed by atoms with Gasteiger partial charge in [0.1, 0.15) is 17.0 Å². The van der Waals surface area contributed by atoms with Crippen molar-refractivity contribution < 1.29 is 27.1 Å². The molecule has 1 atom stereocenters. The van der Waals surface area contributed by atoms with Gasteiger partial charge in [0.25, 0.3) is 5.91 Å². The van der Waals surface area contributed by atoms with E-state index in [-0.39, 0.29) is 35.2 Å². The summed E-state index contributed by atoms with van der Waals surface area (Å²) in [4.78, 5) is 29.9. The second-order valence-electron chi connectivity index (χ2n) is 8.45. The van der Waals surface area contributed by atoms with Crippen LogP contribution in [0.1, 0.15) is 40.5 Å². The average molecular weight is 522 g/mol. The van der Waals surface area contributed by atoms with E-state index < -0.39 is 23.8 Å². The summed E-state index contributed by atoms with van der Waals surface area (Å²) >= 11 is 0. The number of para-hydroxylation sites is 1. The van der Waals surface area contributed by atoms with Gasteiger partial charge >= 0.3 is 6.18 Å². The third-order valence-corrected chi connectivity index (χ3v) is 5.86. The number of alkyl halides is 3. The normalized spacial score (nSPS) is 12.6. The molecular formula is C26H21F3N6O3. The molecule has 3 aromatic heterocycles. The molecule has 38 heavy (non-hydrogen) atoms. The highest BCUT2D eigenvalue weighted by Crippen LogP contribution is 2.37. The van der Waals surface area contributed by atoms with E-state index in [0.717, 1.165) is 11.6 Å². The van der Waals surface area contributed by atoms with Crippen LogP contribution in [0.4, 0.5) is 13.2 Å². The summed E-state index contributed by atoms with van der Waals surface area (Å²) in [5.74, 6) is -0.264. The Balaban J connectivity index is 1.52. The molecule has 0 fully saturated rings. The van der Waals surface area contributed by atoms with E-state index in [2.05, 4.69) is 25.3 Å². The Kier molecular flexibility index (Phi) is 6.41. The molecule has 0 saturated heterocycles. The molecule has 0 bridgehead atoms. The number of pyridine rings is 1. The molecule has 0 spiro atoms. The summed E-state index contributed by atoms with van der Waals surface area (Å²) in [5.41, 5.74) is 7.35. The van der Waals surface area contributed by atoms with Gasteiger partial charge in [0.2, 0.25) is 5.89 Å². The predicted octanol–water partition coefficient (Wildman–Crippen LogP) is 4.81. The van der Waals surface area contributed by atoms with Crippen molar-refractivity contribution in [2.75, 3.05) is 7.11 Å². The number of methoxy groups -OCH3 is 1. The molecule has 2 aromatic carbocycles. The fraction of sp³-hybridized carbons (Fsp3) is 0.192. The average Bonchev–Trinajstić information content (AvgIpc) is 3.36. The van der Waals surface area contributed by atoms with Gasteiger partial charge < -0.3 is 20.2 Å². The minimum atomic E-state index is -4.64. The predicted molar refractivity (Wildman–Crippen MR) is 132 cm³/mol. The van der Waals surface area contributed by atoms with E-state index in [4.69, 9.17) is 14.9 Å². The van der Waals surface area contributed by atoms with Crippen molar-refractivity contribution in [3.05, 3.63) is 77.6 Å². The molecule has 0 aliphatic heterocycles. The van der Waals surface area contributed by atoms with E-state index in [1.165, 1.54) is 19.2 Å². The molecule has 1 amide bonds. The number of oxazole rings is 1. The molecule has 0 unspecified atom stereocenters. The topological polar surface area (TPSA) is 129 Å². The van der Waals surface area contributed by atoms with Crippen molar-refractivity contribution >= 4 is 27.8 Å². The van der Waals surface area contributed by atoms with Crippen LogP contribution >= 0.6 is 0 Å². The van der Waals surface area contributed by atoms with Crippen molar-refractivity contribution in [1.82, 2.24) is 25.3 Å². The van der Waals surface area contributed by atoms with Crippen molar-refractivity contribution in [2.45, 2.75) is 25.7 Å². The lowest BCUT2D eigenvalue weighted by molar-refractivity contribution is -0.140. The first-order valence-electron chi connectivity index (χ1n) is 11.5. The molecule has 5 rings (SSSR count). The number of fused-ring (bicyclic) bond motifs is 2. The molecule has 194 valence electrons. The largest absolute Gasteiger partial charge is 0.494 e. The molecular weight excluding hydrogens is 501 g/mol. The number of hydrogen-bond acceptors (Lipinski definition) is 8. The number of nitrogens with one attached hydrogen (secondary N) is 1. The Bertz CT molecular complexity index is 1660. The van der Waals surface area contributed by atoms with Gasteiger partial charge in [-0.05, 0) is 42.8 Å². The summed E-state index contributed by atoms with van der Waals surface area (Å²) in [5, 5.41) is 3.11. The minimum absolute atomic E-state index is 0.00712. The van der Waals surface area contributed by atoms with E-state index in [1.54, 1.807) is 25.4 Å². The SMILES string of the molecule is COc1ccc(-c2nc(C(=O)NCc3cccc4nccnc34)c([C@H](C)N)o2)c2ccc(C(F)(F)F)nc12. The number of benzene rings is 2. The number of nitrogens with zero attached hydrogens (tertiary/aromatic N) is 4. The third-order valence-electron chi connectivity index (χ3n) is 5.86. The zero-order valence-corrected chi connectivity index (χ0v) is 20.2. The summed E-state index contributed by atoms with van der Waals surface area (Å²) in [6.07, 6.45) is -1.49. The smallest absolute Gasteiger partial charge is 0.433 e. The number of nitrogens with two attached hydrogens (primary N) is 1. The second kappa shape index (κ2) is 9.71. The van der Waals surface area contributed by atoms with Crippen molar-refractivity contribution in [2.24, 2.45) is 5.73 Å². The summed E-state index contributed by atoms with van der Waals surface area (Å²) < 4.78 is 51.0. The van der Waals surface area contributed by atoms with Gasteiger partial charge in [0, 0.05) is 29.9 Å². The zero-order chi connectivity index (χ0) is 27.0. The molecule has 3 heterocycles. The van der Waals surface area contributed by atoms with Crippen molar-refractivity contribution in [3.8, 4) is 17.2 Å². The number of rotatable bonds is 6. The van der Waals surface area contributed by atoms with Gasteiger partial charge in [-0.3, -0.25) is 14.8 Å². The standard InChI is InChI=1S/C26H21F3N6O3/c1-13(30)23-22(24(36)33-12-14-4-3-5-17-20(14)32-11-10-31-17)35-25(38-23)16-6-8-18(37-2)21-15(16)7-9-19(34-21)26(27,28)29/h3-11,13H,12,30H2,1-2H3,(H,33,36)/t13-/m0/s1. The van der Waals surface area contributed by atoms with Crippen LogP contribution in [-0.4, -0.2) is 33.0 Å². The maximum atomic E-state index is 13.3. The zero-order valence-electron chi connectivity index (χ0n) is 20.2. The van der Waals surface area contributed by atoms with Gasteiger partial charge in [-0.25, -0.2) is 9.97 Å². The lowest BCUT2D eigenvalue weighted by Crippen LogP contribution is -2.25. The molecule has 0 aliphatic carbocycles. The third kappa shape index (κ3) is 4.61. The Morgan fingerprint density at radius 1 is 1.08 bits per heavy atom. The van der Waals surface area contributed by atoms with Crippen molar-refractivity contribution in [3.63, 3.8) is 0 Å². The van der Waals surface area contributed by atoms with Crippen LogP contribution in [0.25, 0.3) is 33.4 Å². The molecule has 0 radical (unpaired) electrons. The summed E-state index contributed by atoms with van der Waals surface area (Å²) in [6, 6.07) is 9.92. The second-order valence-corrected chi connectivity index (χ2v) is 8.45. The Hall–Kier alpha value is -4.58. The fourth-order valence-electron chi connectivity index (χ4n) is 4.07. The van der Waals surface area contributed by atoms with Crippen LogP contribution in [0.3, 0.4) is 0 Å². The van der Waals surface area contributed by atoms with E-state index in [9.17, 15) is 18.0 Å². The lowest BCUT2D eigenvalue weighted by atomic mass is 10.1. The lowest BCUT2D eigenvalue weighted by Gasteiger charge is -2.11. The van der Waals surface area contributed by atoms with Gasteiger partial charge in [0.05, 0.1) is 24.2 Å².